The Balaban J connectivity index is 2.11. The number of benzene rings is 1. The van der Waals surface area contributed by atoms with Crippen molar-refractivity contribution in [2.75, 3.05) is 5.32 Å². The quantitative estimate of drug-likeness (QED) is 0.839. The summed E-state index contributed by atoms with van der Waals surface area (Å²) in [6.45, 7) is 0. The summed E-state index contributed by atoms with van der Waals surface area (Å²) in [5.41, 5.74) is 0.945. The van der Waals surface area contributed by atoms with Gasteiger partial charge in [-0.1, -0.05) is 11.6 Å². The predicted molar refractivity (Wildman–Crippen MR) is 74.2 cm³/mol. The number of carbonyl (C=O) groups excluding carboxylic acids is 1. The third-order valence-corrected chi connectivity index (χ3v) is 2.89. The number of hydrogen-bond acceptors (Lipinski definition) is 3. The first-order valence-corrected chi connectivity index (χ1v) is 6.17. The van der Waals surface area contributed by atoms with E-state index in [4.69, 9.17) is 11.6 Å². The topological polar surface area (TPSA) is 54.9 Å². The lowest BCUT2D eigenvalue weighted by Crippen LogP contribution is -2.14. The van der Waals surface area contributed by atoms with E-state index in [1.54, 1.807) is 0 Å². The fraction of sp³-hybridized carbons (Fsp3) is 0. The molecule has 1 heterocycles. The van der Waals surface area contributed by atoms with E-state index in [0.29, 0.717) is 5.69 Å². The smallest absolute Gasteiger partial charge is 0.276 e. The second-order valence-corrected chi connectivity index (χ2v) is 4.84. The van der Waals surface area contributed by atoms with Crippen LogP contribution in [0.1, 0.15) is 10.5 Å². The van der Waals surface area contributed by atoms with Crippen molar-refractivity contribution in [3.8, 4) is 0 Å². The van der Waals surface area contributed by atoms with Gasteiger partial charge in [0.25, 0.3) is 5.91 Å². The largest absolute Gasteiger partial charge is 0.321 e. The summed E-state index contributed by atoms with van der Waals surface area (Å²) < 4.78 is 1.10. The van der Waals surface area contributed by atoms with Crippen LogP contribution in [0.2, 0.25) is 5.15 Å². The van der Waals surface area contributed by atoms with Crippen molar-refractivity contribution < 1.29 is 4.79 Å². The maximum Gasteiger partial charge on any atom is 0.276 e. The van der Waals surface area contributed by atoms with Gasteiger partial charge in [0.1, 0.15) is 0 Å². The van der Waals surface area contributed by atoms with Gasteiger partial charge < -0.3 is 5.32 Å². The van der Waals surface area contributed by atoms with Gasteiger partial charge >= 0.3 is 0 Å². The number of nitrogens with zero attached hydrogens (tertiary/aromatic N) is 2. The van der Waals surface area contributed by atoms with Gasteiger partial charge in [-0.15, -0.1) is 10.2 Å². The van der Waals surface area contributed by atoms with Gasteiger partial charge in [-0.05, 0) is 59.0 Å². The van der Waals surface area contributed by atoms with E-state index in [-0.39, 0.29) is 16.8 Å². The summed E-state index contributed by atoms with van der Waals surface area (Å²) >= 11 is 7.78. The Morgan fingerprint density at radius 2 is 1.82 bits per heavy atom. The van der Waals surface area contributed by atoms with E-state index in [1.165, 1.54) is 12.1 Å². The number of aromatic nitrogens is 2. The SMILES string of the molecule is O=C(Nc1ccc(I)cc1)c1ccc(Cl)nn1. The van der Waals surface area contributed by atoms with E-state index in [2.05, 4.69) is 38.1 Å². The van der Waals surface area contributed by atoms with Crippen LogP contribution in [0, 0.1) is 3.57 Å². The molecule has 86 valence electrons. The number of hydrogen-bond donors (Lipinski definition) is 1. The van der Waals surface area contributed by atoms with Crippen LogP contribution in [0.25, 0.3) is 0 Å². The van der Waals surface area contributed by atoms with Crippen LogP contribution in [0.15, 0.2) is 36.4 Å². The normalized spacial score (nSPS) is 10.0. The first-order valence-electron chi connectivity index (χ1n) is 4.71. The molecule has 1 aromatic heterocycles. The third kappa shape index (κ3) is 3.37. The number of anilines is 1. The zero-order valence-electron chi connectivity index (χ0n) is 8.52. The van der Waals surface area contributed by atoms with Crippen molar-refractivity contribution in [2.24, 2.45) is 0 Å². The number of nitrogens with one attached hydrogen (secondary N) is 1. The fourth-order valence-electron chi connectivity index (χ4n) is 1.17. The molecule has 6 heteroatoms. The summed E-state index contributed by atoms with van der Waals surface area (Å²) in [6.07, 6.45) is 0. The van der Waals surface area contributed by atoms with E-state index >= 15 is 0 Å². The molecule has 0 atom stereocenters. The Kier molecular flexibility index (Phi) is 3.90. The first-order chi connectivity index (χ1) is 8.15. The van der Waals surface area contributed by atoms with Crippen LogP contribution in [0.3, 0.4) is 0 Å². The van der Waals surface area contributed by atoms with Crippen molar-refractivity contribution in [3.63, 3.8) is 0 Å². The number of halogens is 2. The molecule has 17 heavy (non-hydrogen) atoms. The predicted octanol–water partition coefficient (Wildman–Crippen LogP) is 2.99. The molecule has 0 fully saturated rings. The highest BCUT2D eigenvalue weighted by atomic mass is 127. The van der Waals surface area contributed by atoms with Gasteiger partial charge in [0, 0.05) is 9.26 Å². The Morgan fingerprint density at radius 3 is 2.41 bits per heavy atom. The summed E-state index contributed by atoms with van der Waals surface area (Å²) in [6, 6.07) is 10.5. The molecule has 0 aliphatic carbocycles. The lowest BCUT2D eigenvalue weighted by Gasteiger charge is -2.03. The molecule has 0 unspecified atom stereocenters. The molecule has 1 amide bonds. The second-order valence-electron chi connectivity index (χ2n) is 3.20. The number of amides is 1. The molecule has 2 rings (SSSR count). The molecule has 0 bridgehead atoms. The molecular weight excluding hydrogens is 352 g/mol. The lowest BCUT2D eigenvalue weighted by atomic mass is 10.3. The molecule has 2 aromatic rings. The molecule has 0 spiro atoms. The van der Waals surface area contributed by atoms with Crippen molar-refractivity contribution in [1.29, 1.82) is 0 Å². The Labute approximate surface area is 117 Å². The second kappa shape index (κ2) is 5.42. The Hall–Kier alpha value is -1.21. The van der Waals surface area contributed by atoms with Crippen molar-refractivity contribution >= 4 is 45.8 Å². The summed E-state index contributed by atoms with van der Waals surface area (Å²) in [5.74, 6) is -0.310. The average molecular weight is 360 g/mol. The average Bonchev–Trinajstić information content (AvgIpc) is 2.33. The molecule has 4 nitrogen and oxygen atoms in total. The molecule has 0 saturated heterocycles. The molecule has 1 aromatic carbocycles. The van der Waals surface area contributed by atoms with Gasteiger partial charge in [-0.2, -0.15) is 0 Å². The van der Waals surface area contributed by atoms with Crippen molar-refractivity contribution in [3.05, 3.63) is 50.8 Å². The van der Waals surface area contributed by atoms with Crippen LogP contribution in [-0.2, 0) is 0 Å². The van der Waals surface area contributed by atoms with Crippen LogP contribution < -0.4 is 5.32 Å². The molecule has 1 N–H and O–H groups in total. The van der Waals surface area contributed by atoms with E-state index in [9.17, 15) is 4.79 Å². The molecular formula is C11H7ClIN3O. The number of carbonyl (C=O) groups is 1. The van der Waals surface area contributed by atoms with Gasteiger partial charge in [-0.3, -0.25) is 4.79 Å². The summed E-state index contributed by atoms with van der Waals surface area (Å²) in [7, 11) is 0. The van der Waals surface area contributed by atoms with Crippen LogP contribution in [0.4, 0.5) is 5.69 Å². The van der Waals surface area contributed by atoms with Crippen molar-refractivity contribution in [2.45, 2.75) is 0 Å². The zero-order valence-corrected chi connectivity index (χ0v) is 11.4. The van der Waals surface area contributed by atoms with E-state index in [0.717, 1.165) is 3.57 Å². The van der Waals surface area contributed by atoms with Crippen LogP contribution >= 0.6 is 34.2 Å². The Bertz CT molecular complexity index is 527. The zero-order chi connectivity index (χ0) is 12.3. The highest BCUT2D eigenvalue weighted by Crippen LogP contribution is 2.12. The lowest BCUT2D eigenvalue weighted by molar-refractivity contribution is 0.102. The first kappa shape index (κ1) is 12.3. The number of rotatable bonds is 2. The minimum absolute atomic E-state index is 0.230. The summed E-state index contributed by atoms with van der Waals surface area (Å²) in [5, 5.41) is 10.3. The van der Waals surface area contributed by atoms with Gasteiger partial charge in [0.05, 0.1) is 0 Å². The molecule has 0 saturated carbocycles. The van der Waals surface area contributed by atoms with Crippen molar-refractivity contribution in [1.82, 2.24) is 10.2 Å². The maximum absolute atomic E-state index is 11.8. The molecule has 0 aliphatic rings. The van der Waals surface area contributed by atoms with Gasteiger partial charge in [0.2, 0.25) is 0 Å². The summed E-state index contributed by atoms with van der Waals surface area (Å²) in [4.78, 5) is 11.8. The van der Waals surface area contributed by atoms with Gasteiger partial charge in [0.15, 0.2) is 10.8 Å². The van der Waals surface area contributed by atoms with Crippen LogP contribution in [0.5, 0.6) is 0 Å². The minimum Gasteiger partial charge on any atom is -0.321 e. The standard InChI is InChI=1S/C11H7ClIN3O/c12-10-6-5-9(15-16-10)11(17)14-8-3-1-7(13)2-4-8/h1-6H,(H,14,17). The monoisotopic (exact) mass is 359 g/mol. The fourth-order valence-corrected chi connectivity index (χ4v) is 1.63. The highest BCUT2D eigenvalue weighted by Gasteiger charge is 2.07. The molecule has 0 aliphatic heterocycles. The minimum atomic E-state index is -0.310. The Morgan fingerprint density at radius 1 is 1.12 bits per heavy atom. The van der Waals surface area contributed by atoms with E-state index in [1.807, 2.05) is 24.3 Å². The van der Waals surface area contributed by atoms with E-state index < -0.39 is 0 Å². The highest BCUT2D eigenvalue weighted by molar-refractivity contribution is 14.1. The van der Waals surface area contributed by atoms with Crippen LogP contribution in [-0.4, -0.2) is 16.1 Å². The molecule has 0 radical (unpaired) electrons. The van der Waals surface area contributed by atoms with Gasteiger partial charge in [-0.25, -0.2) is 0 Å². The maximum atomic E-state index is 11.8. The third-order valence-electron chi connectivity index (χ3n) is 1.97.